The smallest absolute Gasteiger partial charge is 0.336 e. The van der Waals surface area contributed by atoms with Gasteiger partial charge in [-0.3, -0.25) is 9.36 Å². The molecule has 1 aromatic heterocycles. The van der Waals surface area contributed by atoms with Gasteiger partial charge < -0.3 is 19.6 Å². The van der Waals surface area contributed by atoms with Crippen molar-refractivity contribution in [1.82, 2.24) is 19.2 Å². The molecule has 1 amide bonds. The van der Waals surface area contributed by atoms with E-state index in [4.69, 9.17) is 4.74 Å². The molecule has 0 spiro atoms. The van der Waals surface area contributed by atoms with Gasteiger partial charge in [0.1, 0.15) is 23.1 Å². The molecule has 4 aromatic carbocycles. The van der Waals surface area contributed by atoms with Crippen LogP contribution >= 0.6 is 0 Å². The molecule has 5 aromatic rings. The Morgan fingerprint density at radius 2 is 1.82 bits per heavy atom. The van der Waals surface area contributed by atoms with Gasteiger partial charge in [0.25, 0.3) is 5.91 Å². The number of hydrogen-bond donors (Lipinski definition) is 2. The van der Waals surface area contributed by atoms with Gasteiger partial charge in [-0.25, -0.2) is 27.3 Å². The summed E-state index contributed by atoms with van der Waals surface area (Å²) in [5, 5.41) is 11.3. The van der Waals surface area contributed by atoms with Crippen LogP contribution in [0.4, 0.5) is 10.1 Å². The SMILES string of the molecule is CCOc1cccc(-n2cc(C(=O)N3CCN(c4cc(C(=O)O)c5ccccc5c4)C[C@H]3CNS(C)(=O)=O)nc2-c2ccc(C)cc2F)c1. The van der Waals surface area contributed by atoms with Gasteiger partial charge >= 0.3 is 5.97 Å². The summed E-state index contributed by atoms with van der Waals surface area (Å²) in [6.07, 6.45) is 2.60. The molecule has 254 valence electrons. The van der Waals surface area contributed by atoms with Gasteiger partial charge in [-0.2, -0.15) is 0 Å². The second-order valence-corrected chi connectivity index (χ2v) is 13.8. The summed E-state index contributed by atoms with van der Waals surface area (Å²) in [4.78, 5) is 34.6. The van der Waals surface area contributed by atoms with Crippen molar-refractivity contribution in [3.8, 4) is 22.8 Å². The number of imidazole rings is 1. The monoisotopic (exact) mass is 685 g/mol. The van der Waals surface area contributed by atoms with Gasteiger partial charge in [0.05, 0.1) is 35.7 Å². The average molecular weight is 686 g/mol. The Kier molecular flexibility index (Phi) is 9.39. The number of aromatic carboxylic acids is 1. The molecular weight excluding hydrogens is 649 g/mol. The van der Waals surface area contributed by atoms with Gasteiger partial charge in [-0.1, -0.05) is 36.4 Å². The van der Waals surface area contributed by atoms with Crippen molar-refractivity contribution in [3.05, 3.63) is 108 Å². The fraction of sp³-hybridized carbons (Fsp3) is 0.250. The zero-order valence-corrected chi connectivity index (χ0v) is 28.1. The third-order valence-corrected chi connectivity index (χ3v) is 9.16. The normalized spacial score (nSPS) is 15.1. The highest BCUT2D eigenvalue weighted by Gasteiger charge is 2.34. The maximum atomic E-state index is 15.4. The number of sulfonamides is 1. The Morgan fingerprint density at radius 3 is 2.55 bits per heavy atom. The first-order valence-corrected chi connectivity index (χ1v) is 17.7. The highest BCUT2D eigenvalue weighted by Crippen LogP contribution is 2.31. The summed E-state index contributed by atoms with van der Waals surface area (Å²) < 4.78 is 49.6. The molecule has 1 atom stereocenters. The Bertz CT molecular complexity index is 2170. The lowest BCUT2D eigenvalue weighted by Crippen LogP contribution is -2.59. The van der Waals surface area contributed by atoms with Gasteiger partial charge in [-0.15, -0.1) is 0 Å². The number of halogens is 1. The lowest BCUT2D eigenvalue weighted by Gasteiger charge is -2.42. The topological polar surface area (TPSA) is 134 Å². The Hall–Kier alpha value is -5.27. The van der Waals surface area contributed by atoms with Crippen LogP contribution in [0.2, 0.25) is 0 Å². The van der Waals surface area contributed by atoms with Crippen LogP contribution in [-0.4, -0.2) is 84.9 Å². The summed E-state index contributed by atoms with van der Waals surface area (Å²) in [7, 11) is -3.62. The maximum absolute atomic E-state index is 15.4. The number of amides is 1. The highest BCUT2D eigenvalue weighted by molar-refractivity contribution is 7.88. The third-order valence-electron chi connectivity index (χ3n) is 8.46. The number of benzene rings is 4. The largest absolute Gasteiger partial charge is 0.494 e. The number of hydrogen-bond acceptors (Lipinski definition) is 7. The molecule has 1 aliphatic rings. The van der Waals surface area contributed by atoms with E-state index in [1.54, 1.807) is 77.2 Å². The van der Waals surface area contributed by atoms with Crippen molar-refractivity contribution in [3.63, 3.8) is 0 Å². The van der Waals surface area contributed by atoms with Crippen LogP contribution in [0.3, 0.4) is 0 Å². The highest BCUT2D eigenvalue weighted by atomic mass is 32.2. The predicted octanol–water partition coefficient (Wildman–Crippen LogP) is 5.12. The molecule has 6 rings (SSSR count). The Balaban J connectivity index is 1.38. The number of aryl methyl sites for hydroxylation is 1. The number of anilines is 1. The summed E-state index contributed by atoms with van der Waals surface area (Å²) in [6.45, 7) is 4.75. The van der Waals surface area contributed by atoms with E-state index in [1.807, 2.05) is 30.0 Å². The number of carboxylic acids is 1. The second kappa shape index (κ2) is 13.7. The van der Waals surface area contributed by atoms with E-state index < -0.39 is 33.8 Å². The molecule has 0 bridgehead atoms. The van der Waals surface area contributed by atoms with Crippen molar-refractivity contribution in [2.24, 2.45) is 0 Å². The van der Waals surface area contributed by atoms with Crippen LogP contribution in [0.1, 0.15) is 33.3 Å². The van der Waals surface area contributed by atoms with E-state index in [1.165, 1.54) is 6.07 Å². The van der Waals surface area contributed by atoms with Gasteiger partial charge in [-0.05, 0) is 66.6 Å². The Morgan fingerprint density at radius 1 is 1.02 bits per heavy atom. The number of ether oxygens (including phenoxy) is 1. The van der Waals surface area contributed by atoms with Gasteiger partial charge in [0.2, 0.25) is 10.0 Å². The molecule has 1 fully saturated rings. The standard InChI is InChI=1S/C36H36FN5O6S/c1-4-48-28-10-7-9-25(18-28)42-22-33(39-34(42)30-13-12-23(2)16-32(30)37)35(43)41-15-14-40(21-27(41)20-38-49(3,46)47)26-17-24-8-5-6-11-29(24)31(19-26)36(44)45/h5-13,16-19,22,27,38H,4,14-15,20-21H2,1-3H3,(H,44,45)/t27-/m1/s1. The molecule has 2 N–H and O–H groups in total. The molecule has 1 aliphatic heterocycles. The fourth-order valence-corrected chi connectivity index (χ4v) is 6.64. The van der Waals surface area contributed by atoms with E-state index in [-0.39, 0.29) is 42.3 Å². The molecule has 1 saturated heterocycles. The summed E-state index contributed by atoms with van der Waals surface area (Å²) in [5.41, 5.74) is 2.38. The molecule has 0 saturated carbocycles. The number of piperazine rings is 1. The number of fused-ring (bicyclic) bond motifs is 1. The quantitative estimate of drug-likeness (QED) is 0.207. The summed E-state index contributed by atoms with van der Waals surface area (Å²) >= 11 is 0. The first-order chi connectivity index (χ1) is 23.4. The lowest BCUT2D eigenvalue weighted by atomic mass is 10.0. The number of carboxylic acid groups (broad SMARTS) is 1. The molecule has 11 nitrogen and oxygen atoms in total. The fourth-order valence-electron chi connectivity index (χ4n) is 6.14. The Labute approximate surface area is 283 Å². The van der Waals surface area contributed by atoms with E-state index >= 15 is 4.39 Å². The number of aromatic nitrogens is 2. The number of carbonyl (C=O) groups is 2. The molecule has 49 heavy (non-hydrogen) atoms. The van der Waals surface area contributed by atoms with Crippen molar-refractivity contribution < 1.29 is 32.2 Å². The van der Waals surface area contributed by atoms with Crippen molar-refractivity contribution in [2.75, 3.05) is 43.9 Å². The summed E-state index contributed by atoms with van der Waals surface area (Å²) in [5.74, 6) is -1.20. The zero-order valence-electron chi connectivity index (χ0n) is 27.3. The van der Waals surface area contributed by atoms with Crippen molar-refractivity contribution in [2.45, 2.75) is 19.9 Å². The first-order valence-electron chi connectivity index (χ1n) is 15.8. The van der Waals surface area contributed by atoms with E-state index in [9.17, 15) is 23.1 Å². The predicted molar refractivity (Wildman–Crippen MR) is 186 cm³/mol. The molecule has 2 heterocycles. The van der Waals surface area contributed by atoms with E-state index in [0.717, 1.165) is 17.2 Å². The minimum Gasteiger partial charge on any atom is -0.494 e. The van der Waals surface area contributed by atoms with E-state index in [0.29, 0.717) is 35.7 Å². The van der Waals surface area contributed by atoms with Crippen LogP contribution in [0.25, 0.3) is 27.8 Å². The second-order valence-electron chi connectivity index (χ2n) is 12.0. The minimum atomic E-state index is -3.62. The van der Waals surface area contributed by atoms with Crippen LogP contribution < -0.4 is 14.4 Å². The molecular formula is C36H36FN5O6S. The third kappa shape index (κ3) is 7.27. The number of nitrogens with one attached hydrogen (secondary N) is 1. The van der Waals surface area contributed by atoms with Crippen LogP contribution in [0.15, 0.2) is 85.1 Å². The van der Waals surface area contributed by atoms with Crippen molar-refractivity contribution in [1.29, 1.82) is 0 Å². The van der Waals surface area contributed by atoms with E-state index in [2.05, 4.69) is 9.71 Å². The lowest BCUT2D eigenvalue weighted by molar-refractivity contribution is 0.0654. The molecule has 0 unspecified atom stereocenters. The number of carbonyl (C=O) groups excluding carboxylic acids is 1. The minimum absolute atomic E-state index is 0.0495. The molecule has 0 aliphatic carbocycles. The molecule has 0 radical (unpaired) electrons. The number of rotatable bonds is 10. The van der Waals surface area contributed by atoms with Crippen LogP contribution in [-0.2, 0) is 10.0 Å². The zero-order chi connectivity index (χ0) is 34.9. The average Bonchev–Trinajstić information content (AvgIpc) is 3.51. The van der Waals surface area contributed by atoms with Crippen molar-refractivity contribution >= 4 is 38.4 Å². The maximum Gasteiger partial charge on any atom is 0.336 e. The number of nitrogens with zero attached hydrogens (tertiary/aromatic N) is 4. The van der Waals surface area contributed by atoms with Gasteiger partial charge in [0, 0.05) is 44.1 Å². The summed E-state index contributed by atoms with van der Waals surface area (Å²) in [6, 6.07) is 22.0. The van der Waals surface area contributed by atoms with Crippen LogP contribution in [0, 0.1) is 12.7 Å². The first kappa shape index (κ1) is 33.6. The van der Waals surface area contributed by atoms with Gasteiger partial charge in [0.15, 0.2) is 0 Å². The van der Waals surface area contributed by atoms with Crippen LogP contribution in [0.5, 0.6) is 5.75 Å². The molecule has 13 heteroatoms.